The Kier molecular flexibility index (Phi) is 8.90. The lowest BCUT2D eigenvalue weighted by Gasteiger charge is -2.04. The minimum Gasteiger partial charge on any atom is -0.550 e. The Morgan fingerprint density at radius 3 is 2.56 bits per heavy atom. The van der Waals surface area contributed by atoms with Crippen LogP contribution in [0.4, 0.5) is 4.79 Å². The highest BCUT2D eigenvalue weighted by molar-refractivity contribution is 5.53. The lowest BCUT2D eigenvalue weighted by molar-refractivity contribution is -0.282. The molecule has 0 aliphatic heterocycles. The van der Waals surface area contributed by atoms with Crippen LogP contribution >= 0.6 is 0 Å². The van der Waals surface area contributed by atoms with Crippen LogP contribution in [0.5, 0.6) is 0 Å². The second kappa shape index (κ2) is 7.23. The molecule has 0 aromatic rings. The van der Waals surface area contributed by atoms with E-state index in [1.807, 2.05) is 6.92 Å². The highest BCUT2D eigenvalue weighted by atomic mass is 16.7. The lowest BCUT2D eigenvalue weighted by atomic mass is 10.4. The van der Waals surface area contributed by atoms with Crippen LogP contribution < -0.4 is 11.3 Å². The molecule has 4 heteroatoms. The van der Waals surface area contributed by atoms with Crippen molar-refractivity contribution in [3.63, 3.8) is 0 Å². The van der Waals surface area contributed by atoms with Crippen LogP contribution in [0.25, 0.3) is 0 Å². The fourth-order valence-corrected chi connectivity index (χ4v) is 0.300. The summed E-state index contributed by atoms with van der Waals surface area (Å²) in [5.74, 6) is 0. The second-order valence-corrected chi connectivity index (χ2v) is 1.45. The molecule has 0 bridgehead atoms. The van der Waals surface area contributed by atoms with Crippen LogP contribution in [0.2, 0.25) is 0 Å². The van der Waals surface area contributed by atoms with Gasteiger partial charge in [0.15, 0.2) is 0 Å². The standard InChI is InChI=1S/C5H10O3.H3N/c1-2-3-4-8-5(6)7;/h2-4H2,1H3,(H,6,7);1H3. The van der Waals surface area contributed by atoms with E-state index in [0.29, 0.717) is 0 Å². The fourth-order valence-electron chi connectivity index (χ4n) is 0.300. The summed E-state index contributed by atoms with van der Waals surface area (Å²) in [6.07, 6.45) is 0.278. The lowest BCUT2D eigenvalue weighted by Crippen LogP contribution is -2.23. The van der Waals surface area contributed by atoms with Crippen molar-refractivity contribution in [1.82, 2.24) is 6.15 Å². The molecule has 0 spiro atoms. The first-order valence-electron chi connectivity index (χ1n) is 2.61. The fraction of sp³-hybridized carbons (Fsp3) is 0.800. The maximum Gasteiger partial charge on any atom is 0.251 e. The van der Waals surface area contributed by atoms with Crippen molar-refractivity contribution >= 4 is 6.16 Å². The molecule has 0 saturated heterocycles. The number of ether oxygens (including phenoxy) is 1. The predicted octanol–water partition coefficient (Wildman–Crippen LogP) is 0.523. The van der Waals surface area contributed by atoms with Gasteiger partial charge >= 0.3 is 0 Å². The minimum absolute atomic E-state index is 0. The van der Waals surface area contributed by atoms with E-state index in [1.54, 1.807) is 0 Å². The normalized spacial score (nSPS) is 7.67. The molecule has 0 heterocycles. The number of carboxylic acid groups (broad SMARTS) is 1. The first-order valence-corrected chi connectivity index (χ1v) is 2.61. The SMILES string of the molecule is CCCCOC(=O)[O-].[NH4+]. The zero-order chi connectivity index (χ0) is 6.41. The number of quaternary nitrogens is 1. The van der Waals surface area contributed by atoms with Gasteiger partial charge < -0.3 is 20.8 Å². The Morgan fingerprint density at radius 2 is 2.22 bits per heavy atom. The number of unbranched alkanes of at least 4 members (excludes halogenated alkanes) is 1. The molecule has 9 heavy (non-hydrogen) atoms. The van der Waals surface area contributed by atoms with E-state index in [1.165, 1.54) is 0 Å². The van der Waals surface area contributed by atoms with E-state index in [-0.39, 0.29) is 12.8 Å². The summed E-state index contributed by atoms with van der Waals surface area (Å²) in [6, 6.07) is 0. The van der Waals surface area contributed by atoms with Crippen molar-refractivity contribution in [3.8, 4) is 0 Å². The largest absolute Gasteiger partial charge is 0.550 e. The molecule has 0 amide bonds. The van der Waals surface area contributed by atoms with Crippen molar-refractivity contribution in [1.29, 1.82) is 0 Å². The van der Waals surface area contributed by atoms with Gasteiger partial charge in [-0.05, 0) is 6.42 Å². The van der Waals surface area contributed by atoms with E-state index in [0.717, 1.165) is 12.8 Å². The summed E-state index contributed by atoms with van der Waals surface area (Å²) in [5.41, 5.74) is 0. The molecule has 0 atom stereocenters. The van der Waals surface area contributed by atoms with Gasteiger partial charge in [0.1, 0.15) is 0 Å². The summed E-state index contributed by atoms with van der Waals surface area (Å²) in [7, 11) is 0. The summed E-state index contributed by atoms with van der Waals surface area (Å²) >= 11 is 0. The monoisotopic (exact) mass is 135 g/mol. The molecule has 0 unspecified atom stereocenters. The van der Waals surface area contributed by atoms with Gasteiger partial charge in [0.2, 0.25) is 0 Å². The smallest absolute Gasteiger partial charge is 0.251 e. The van der Waals surface area contributed by atoms with Gasteiger partial charge in [0, 0.05) is 6.61 Å². The molecular formula is C5H13NO3. The molecule has 4 N–H and O–H groups in total. The van der Waals surface area contributed by atoms with Gasteiger partial charge in [0.25, 0.3) is 6.16 Å². The number of rotatable bonds is 3. The van der Waals surface area contributed by atoms with Crippen molar-refractivity contribution in [2.45, 2.75) is 19.8 Å². The van der Waals surface area contributed by atoms with E-state index in [4.69, 9.17) is 0 Å². The van der Waals surface area contributed by atoms with Crippen LogP contribution in [0.1, 0.15) is 19.8 Å². The van der Waals surface area contributed by atoms with E-state index in [2.05, 4.69) is 4.74 Å². The number of carbonyl (C=O) groups is 1. The maximum absolute atomic E-state index is 9.54. The van der Waals surface area contributed by atoms with Crippen molar-refractivity contribution in [3.05, 3.63) is 0 Å². The van der Waals surface area contributed by atoms with Gasteiger partial charge in [-0.25, -0.2) is 0 Å². The van der Waals surface area contributed by atoms with Gasteiger partial charge in [-0.3, -0.25) is 0 Å². The number of hydrogen-bond donors (Lipinski definition) is 1. The Hall–Kier alpha value is -0.770. The summed E-state index contributed by atoms with van der Waals surface area (Å²) in [5, 5.41) is 9.54. The molecule has 0 aromatic carbocycles. The molecule has 4 nitrogen and oxygen atoms in total. The van der Waals surface area contributed by atoms with Crippen LogP contribution in [0.3, 0.4) is 0 Å². The average molecular weight is 135 g/mol. The third-order valence-corrected chi connectivity index (χ3v) is 0.718. The third kappa shape index (κ3) is 11.1. The Balaban J connectivity index is 0. The zero-order valence-electron chi connectivity index (χ0n) is 5.85. The maximum atomic E-state index is 9.54. The highest BCUT2D eigenvalue weighted by Crippen LogP contribution is 1.85. The molecule has 0 aliphatic carbocycles. The summed E-state index contributed by atoms with van der Waals surface area (Å²) < 4.78 is 4.09. The Morgan fingerprint density at radius 1 is 1.67 bits per heavy atom. The van der Waals surface area contributed by atoms with Crippen LogP contribution in [0, 0.1) is 0 Å². The summed E-state index contributed by atoms with van der Waals surface area (Å²) in [6.45, 7) is 2.22. The van der Waals surface area contributed by atoms with Crippen molar-refractivity contribution in [2.75, 3.05) is 6.61 Å². The van der Waals surface area contributed by atoms with Crippen LogP contribution in [-0.2, 0) is 4.74 Å². The van der Waals surface area contributed by atoms with Gasteiger partial charge in [-0.2, -0.15) is 0 Å². The quantitative estimate of drug-likeness (QED) is 0.452. The van der Waals surface area contributed by atoms with Crippen molar-refractivity contribution < 1.29 is 14.6 Å². The van der Waals surface area contributed by atoms with Gasteiger partial charge in [0.05, 0.1) is 0 Å². The molecule has 0 saturated carbocycles. The molecule has 0 radical (unpaired) electrons. The first-order chi connectivity index (χ1) is 3.77. The van der Waals surface area contributed by atoms with E-state index < -0.39 is 6.16 Å². The number of hydrogen-bond acceptors (Lipinski definition) is 3. The average Bonchev–Trinajstić information content (AvgIpc) is 1.66. The molecular weight excluding hydrogens is 122 g/mol. The Labute approximate surface area is 54.4 Å². The summed E-state index contributed by atoms with van der Waals surface area (Å²) in [4.78, 5) is 9.54. The minimum atomic E-state index is -1.43. The van der Waals surface area contributed by atoms with Crippen LogP contribution in [0.15, 0.2) is 0 Å². The van der Waals surface area contributed by atoms with Crippen molar-refractivity contribution in [2.24, 2.45) is 0 Å². The van der Waals surface area contributed by atoms with E-state index >= 15 is 0 Å². The molecule has 0 aromatic heterocycles. The topological polar surface area (TPSA) is 85.9 Å². The van der Waals surface area contributed by atoms with Gasteiger partial charge in [-0.15, -0.1) is 0 Å². The highest BCUT2D eigenvalue weighted by Gasteiger charge is 1.80. The Bertz CT molecular complexity index is 74.6. The molecule has 0 aliphatic rings. The molecule has 56 valence electrons. The second-order valence-electron chi connectivity index (χ2n) is 1.45. The predicted molar refractivity (Wildman–Crippen MR) is 32.2 cm³/mol. The molecule has 0 rings (SSSR count). The number of carbonyl (C=O) groups excluding carboxylic acids is 1. The van der Waals surface area contributed by atoms with Gasteiger partial charge in [-0.1, -0.05) is 13.3 Å². The zero-order valence-corrected chi connectivity index (χ0v) is 5.85. The first kappa shape index (κ1) is 11.1. The molecule has 0 fully saturated rings. The van der Waals surface area contributed by atoms with Crippen LogP contribution in [-0.4, -0.2) is 12.8 Å². The van der Waals surface area contributed by atoms with E-state index in [9.17, 15) is 9.90 Å². The third-order valence-electron chi connectivity index (χ3n) is 0.718.